The number of nitriles is 1. The third kappa shape index (κ3) is 3.05. The SMILES string of the molecule is CCOC(=O)Cc1ccc(C#N)c(CN)c1C. The molecule has 0 aromatic heterocycles. The van der Waals surface area contributed by atoms with Gasteiger partial charge < -0.3 is 10.5 Å². The molecule has 0 unspecified atom stereocenters. The fourth-order valence-corrected chi connectivity index (χ4v) is 1.73. The molecule has 1 rings (SSSR count). The van der Waals surface area contributed by atoms with Gasteiger partial charge in [-0.3, -0.25) is 4.79 Å². The minimum atomic E-state index is -0.261. The Hall–Kier alpha value is -1.86. The van der Waals surface area contributed by atoms with Gasteiger partial charge >= 0.3 is 5.97 Å². The lowest BCUT2D eigenvalue weighted by molar-refractivity contribution is -0.142. The molecule has 0 bridgehead atoms. The van der Waals surface area contributed by atoms with E-state index in [1.165, 1.54) is 0 Å². The molecule has 0 aliphatic heterocycles. The van der Waals surface area contributed by atoms with Crippen LogP contribution in [0, 0.1) is 18.3 Å². The fraction of sp³-hybridized carbons (Fsp3) is 0.385. The van der Waals surface area contributed by atoms with Crippen molar-refractivity contribution in [2.45, 2.75) is 26.8 Å². The highest BCUT2D eigenvalue weighted by molar-refractivity contribution is 5.73. The minimum absolute atomic E-state index is 0.221. The number of benzene rings is 1. The molecule has 17 heavy (non-hydrogen) atoms. The number of hydrogen-bond acceptors (Lipinski definition) is 4. The highest BCUT2D eigenvalue weighted by Gasteiger charge is 2.11. The quantitative estimate of drug-likeness (QED) is 0.797. The average molecular weight is 232 g/mol. The van der Waals surface area contributed by atoms with Crippen LogP contribution in [-0.4, -0.2) is 12.6 Å². The third-order valence-corrected chi connectivity index (χ3v) is 2.68. The number of hydrogen-bond donors (Lipinski definition) is 1. The van der Waals surface area contributed by atoms with Gasteiger partial charge in [-0.05, 0) is 36.6 Å². The third-order valence-electron chi connectivity index (χ3n) is 2.68. The first-order valence-corrected chi connectivity index (χ1v) is 5.51. The molecule has 0 radical (unpaired) electrons. The van der Waals surface area contributed by atoms with Crippen LogP contribution < -0.4 is 5.73 Å². The van der Waals surface area contributed by atoms with Gasteiger partial charge in [0.2, 0.25) is 0 Å². The maximum absolute atomic E-state index is 11.4. The topological polar surface area (TPSA) is 76.1 Å². The summed E-state index contributed by atoms with van der Waals surface area (Å²) >= 11 is 0. The first-order valence-electron chi connectivity index (χ1n) is 5.51. The Morgan fingerprint density at radius 2 is 2.24 bits per heavy atom. The lowest BCUT2D eigenvalue weighted by Gasteiger charge is -2.11. The highest BCUT2D eigenvalue weighted by atomic mass is 16.5. The molecule has 0 amide bonds. The highest BCUT2D eigenvalue weighted by Crippen LogP contribution is 2.18. The van der Waals surface area contributed by atoms with Crippen molar-refractivity contribution in [1.82, 2.24) is 0 Å². The summed E-state index contributed by atoms with van der Waals surface area (Å²) in [6.07, 6.45) is 0.221. The van der Waals surface area contributed by atoms with E-state index in [2.05, 4.69) is 6.07 Å². The molecule has 90 valence electrons. The molecular weight excluding hydrogens is 216 g/mol. The molecule has 0 atom stereocenters. The van der Waals surface area contributed by atoms with Crippen molar-refractivity contribution in [3.8, 4) is 6.07 Å². The van der Waals surface area contributed by atoms with E-state index in [0.29, 0.717) is 18.7 Å². The second-order valence-corrected chi connectivity index (χ2v) is 3.67. The number of ether oxygens (including phenoxy) is 1. The van der Waals surface area contributed by atoms with E-state index < -0.39 is 0 Å². The standard InChI is InChI=1S/C13H16N2O2/c1-3-17-13(16)6-10-4-5-11(7-14)12(8-15)9(10)2/h4-5H,3,6,8,15H2,1-2H3. The van der Waals surface area contributed by atoms with Gasteiger partial charge in [0.15, 0.2) is 0 Å². The molecule has 0 aliphatic carbocycles. The first-order chi connectivity index (χ1) is 8.13. The van der Waals surface area contributed by atoms with E-state index in [1.807, 2.05) is 6.92 Å². The van der Waals surface area contributed by atoms with Crippen molar-refractivity contribution in [1.29, 1.82) is 5.26 Å². The van der Waals surface area contributed by atoms with Gasteiger partial charge in [-0.25, -0.2) is 0 Å². The van der Waals surface area contributed by atoms with Crippen molar-refractivity contribution < 1.29 is 9.53 Å². The van der Waals surface area contributed by atoms with Crippen LogP contribution in [0.5, 0.6) is 0 Å². The lowest BCUT2D eigenvalue weighted by atomic mass is 9.96. The maximum atomic E-state index is 11.4. The number of rotatable bonds is 4. The van der Waals surface area contributed by atoms with Crippen LogP contribution in [-0.2, 0) is 22.5 Å². The van der Waals surface area contributed by atoms with E-state index in [4.69, 9.17) is 15.7 Å². The van der Waals surface area contributed by atoms with Gasteiger partial charge in [-0.15, -0.1) is 0 Å². The van der Waals surface area contributed by atoms with Gasteiger partial charge in [0.05, 0.1) is 24.7 Å². The molecule has 0 spiro atoms. The molecule has 0 fully saturated rings. The Morgan fingerprint density at radius 1 is 1.53 bits per heavy atom. The molecule has 1 aromatic rings. The number of carbonyl (C=O) groups is 1. The summed E-state index contributed by atoms with van der Waals surface area (Å²) < 4.78 is 4.90. The Morgan fingerprint density at radius 3 is 2.76 bits per heavy atom. The van der Waals surface area contributed by atoms with Crippen LogP contribution in [0.2, 0.25) is 0 Å². The summed E-state index contributed by atoms with van der Waals surface area (Å²) in [6.45, 7) is 4.32. The molecule has 4 heteroatoms. The molecule has 0 saturated carbocycles. The fourth-order valence-electron chi connectivity index (χ4n) is 1.73. The number of carbonyl (C=O) groups excluding carboxylic acids is 1. The smallest absolute Gasteiger partial charge is 0.310 e. The van der Waals surface area contributed by atoms with Gasteiger partial charge in [-0.1, -0.05) is 6.07 Å². The van der Waals surface area contributed by atoms with Gasteiger partial charge in [-0.2, -0.15) is 5.26 Å². The molecule has 1 aromatic carbocycles. The second-order valence-electron chi connectivity index (χ2n) is 3.67. The van der Waals surface area contributed by atoms with Crippen LogP contribution in [0.25, 0.3) is 0 Å². The monoisotopic (exact) mass is 232 g/mol. The van der Waals surface area contributed by atoms with E-state index in [9.17, 15) is 4.79 Å². The Labute approximate surface area is 101 Å². The van der Waals surface area contributed by atoms with Crippen molar-refractivity contribution in [2.75, 3.05) is 6.61 Å². The van der Waals surface area contributed by atoms with Gasteiger partial charge in [0, 0.05) is 6.54 Å². The van der Waals surface area contributed by atoms with Crippen molar-refractivity contribution in [3.05, 3.63) is 34.4 Å². The van der Waals surface area contributed by atoms with Crippen LogP contribution in [0.3, 0.4) is 0 Å². The maximum Gasteiger partial charge on any atom is 0.310 e. The van der Waals surface area contributed by atoms with Crippen LogP contribution in [0.4, 0.5) is 0 Å². The van der Waals surface area contributed by atoms with E-state index in [1.54, 1.807) is 19.1 Å². The van der Waals surface area contributed by atoms with E-state index in [-0.39, 0.29) is 12.4 Å². The minimum Gasteiger partial charge on any atom is -0.466 e. The molecule has 0 heterocycles. The molecule has 4 nitrogen and oxygen atoms in total. The van der Waals surface area contributed by atoms with Crippen molar-refractivity contribution >= 4 is 5.97 Å². The number of esters is 1. The molecular formula is C13H16N2O2. The molecule has 0 saturated heterocycles. The predicted molar refractivity (Wildman–Crippen MR) is 64.1 cm³/mol. The Kier molecular flexibility index (Phi) is 4.68. The summed E-state index contributed by atoms with van der Waals surface area (Å²) in [7, 11) is 0. The zero-order valence-electron chi connectivity index (χ0n) is 10.1. The number of nitrogens with zero attached hydrogens (tertiary/aromatic N) is 1. The average Bonchev–Trinajstić information content (AvgIpc) is 2.31. The predicted octanol–water partition coefficient (Wildman–Crippen LogP) is 1.43. The van der Waals surface area contributed by atoms with Crippen LogP contribution in [0.1, 0.15) is 29.2 Å². The second kappa shape index (κ2) is 6.02. The summed E-state index contributed by atoms with van der Waals surface area (Å²) in [5.41, 5.74) is 8.75. The first kappa shape index (κ1) is 13.2. The zero-order valence-corrected chi connectivity index (χ0v) is 10.1. The Balaban J connectivity index is 3.03. The summed E-state index contributed by atoms with van der Waals surface area (Å²) in [4.78, 5) is 11.4. The van der Waals surface area contributed by atoms with Crippen LogP contribution >= 0.6 is 0 Å². The van der Waals surface area contributed by atoms with Crippen LogP contribution in [0.15, 0.2) is 12.1 Å². The van der Waals surface area contributed by atoms with Gasteiger partial charge in [0.1, 0.15) is 0 Å². The summed E-state index contributed by atoms with van der Waals surface area (Å²) in [5, 5.41) is 8.93. The van der Waals surface area contributed by atoms with Crippen molar-refractivity contribution in [2.24, 2.45) is 5.73 Å². The lowest BCUT2D eigenvalue weighted by Crippen LogP contribution is -2.11. The number of nitrogens with two attached hydrogens (primary N) is 1. The van der Waals surface area contributed by atoms with E-state index in [0.717, 1.165) is 16.7 Å². The van der Waals surface area contributed by atoms with E-state index >= 15 is 0 Å². The summed E-state index contributed by atoms with van der Waals surface area (Å²) in [5.74, 6) is -0.261. The van der Waals surface area contributed by atoms with Crippen molar-refractivity contribution in [3.63, 3.8) is 0 Å². The van der Waals surface area contributed by atoms with Gasteiger partial charge in [0.25, 0.3) is 0 Å². The largest absolute Gasteiger partial charge is 0.466 e. The zero-order chi connectivity index (χ0) is 12.8. The Bertz CT molecular complexity index is 461. The molecule has 2 N–H and O–H groups in total. The molecule has 0 aliphatic rings. The normalized spacial score (nSPS) is 9.76. The summed E-state index contributed by atoms with van der Waals surface area (Å²) in [6, 6.07) is 5.58.